The lowest BCUT2D eigenvalue weighted by molar-refractivity contribution is 0.768. The van der Waals surface area contributed by atoms with Crippen LogP contribution >= 0.6 is 0 Å². The van der Waals surface area contributed by atoms with Crippen molar-refractivity contribution < 1.29 is 0 Å². The lowest BCUT2D eigenvalue weighted by Gasteiger charge is -2.06. The standard InChI is InChI=1S/C13H16N6/c1-3-9-12(14)10(4-2)19(17-9)13-11-5-6-16-18(11)8-7-15-13/h5-8H,3-4,14H2,1-2H3. The highest BCUT2D eigenvalue weighted by Crippen LogP contribution is 2.23. The molecule has 0 unspecified atom stereocenters. The first-order chi connectivity index (χ1) is 9.26. The number of aromatic nitrogens is 5. The molecule has 0 aliphatic heterocycles. The number of anilines is 1. The third-order valence-corrected chi connectivity index (χ3v) is 3.27. The fourth-order valence-electron chi connectivity index (χ4n) is 2.30. The maximum atomic E-state index is 6.15. The normalized spacial score (nSPS) is 11.3. The van der Waals surface area contributed by atoms with Gasteiger partial charge < -0.3 is 5.73 Å². The van der Waals surface area contributed by atoms with Gasteiger partial charge in [0.1, 0.15) is 5.52 Å². The molecule has 0 fully saturated rings. The van der Waals surface area contributed by atoms with Crippen LogP contribution < -0.4 is 5.73 Å². The first-order valence-corrected chi connectivity index (χ1v) is 6.41. The first-order valence-electron chi connectivity index (χ1n) is 6.41. The van der Waals surface area contributed by atoms with Gasteiger partial charge in [-0.25, -0.2) is 14.2 Å². The molecule has 0 aromatic carbocycles. The van der Waals surface area contributed by atoms with E-state index in [1.165, 1.54) is 0 Å². The third kappa shape index (κ3) is 1.68. The van der Waals surface area contributed by atoms with E-state index < -0.39 is 0 Å². The number of rotatable bonds is 3. The van der Waals surface area contributed by atoms with Crippen molar-refractivity contribution in [2.75, 3.05) is 5.73 Å². The molecular formula is C13H16N6. The van der Waals surface area contributed by atoms with Gasteiger partial charge in [-0.3, -0.25) is 0 Å². The first kappa shape index (κ1) is 11.7. The predicted molar refractivity (Wildman–Crippen MR) is 73.3 cm³/mol. The molecule has 2 N–H and O–H groups in total. The number of hydrogen-bond donors (Lipinski definition) is 1. The van der Waals surface area contributed by atoms with Crippen LogP contribution in [-0.2, 0) is 12.8 Å². The molecule has 3 rings (SSSR count). The molecule has 3 aromatic rings. The van der Waals surface area contributed by atoms with Crippen molar-refractivity contribution in [1.82, 2.24) is 24.4 Å². The largest absolute Gasteiger partial charge is 0.396 e. The molecule has 0 amide bonds. The zero-order valence-corrected chi connectivity index (χ0v) is 11.0. The molecule has 0 spiro atoms. The lowest BCUT2D eigenvalue weighted by atomic mass is 10.2. The Morgan fingerprint density at radius 1 is 1.21 bits per heavy atom. The Balaban J connectivity index is 2.29. The van der Waals surface area contributed by atoms with Crippen molar-refractivity contribution in [2.45, 2.75) is 26.7 Å². The van der Waals surface area contributed by atoms with E-state index in [1.54, 1.807) is 16.9 Å². The zero-order chi connectivity index (χ0) is 13.4. The third-order valence-electron chi connectivity index (χ3n) is 3.27. The molecule has 3 aromatic heterocycles. The highest BCUT2D eigenvalue weighted by Gasteiger charge is 2.16. The second-order valence-corrected chi connectivity index (χ2v) is 4.34. The van der Waals surface area contributed by atoms with Crippen LogP contribution in [0.1, 0.15) is 25.2 Å². The summed E-state index contributed by atoms with van der Waals surface area (Å²) in [6.07, 6.45) is 6.92. The topological polar surface area (TPSA) is 74.0 Å². The van der Waals surface area contributed by atoms with Crippen LogP contribution in [0.5, 0.6) is 0 Å². The van der Waals surface area contributed by atoms with Crippen molar-refractivity contribution in [2.24, 2.45) is 0 Å². The Morgan fingerprint density at radius 2 is 2.05 bits per heavy atom. The van der Waals surface area contributed by atoms with Crippen molar-refractivity contribution in [3.8, 4) is 5.82 Å². The van der Waals surface area contributed by atoms with E-state index in [2.05, 4.69) is 29.0 Å². The molecule has 0 saturated carbocycles. The SMILES string of the molecule is CCc1nn(-c2nccn3nccc23)c(CC)c1N. The molecule has 0 radical (unpaired) electrons. The Morgan fingerprint density at radius 3 is 2.79 bits per heavy atom. The summed E-state index contributed by atoms with van der Waals surface area (Å²) in [5.74, 6) is 0.767. The summed E-state index contributed by atoms with van der Waals surface area (Å²) in [4.78, 5) is 4.43. The van der Waals surface area contributed by atoms with Crippen LogP contribution in [0.2, 0.25) is 0 Å². The van der Waals surface area contributed by atoms with Crippen molar-refractivity contribution in [3.05, 3.63) is 36.0 Å². The van der Waals surface area contributed by atoms with Crippen LogP contribution in [-0.4, -0.2) is 24.4 Å². The fraction of sp³-hybridized carbons (Fsp3) is 0.308. The Labute approximate surface area is 110 Å². The second-order valence-electron chi connectivity index (χ2n) is 4.34. The molecule has 0 aliphatic carbocycles. The molecule has 0 aliphatic rings. The smallest absolute Gasteiger partial charge is 0.179 e. The van der Waals surface area contributed by atoms with Crippen LogP contribution in [0.4, 0.5) is 5.69 Å². The molecule has 19 heavy (non-hydrogen) atoms. The van der Waals surface area contributed by atoms with Crippen LogP contribution in [0.15, 0.2) is 24.7 Å². The molecular weight excluding hydrogens is 240 g/mol. The average molecular weight is 256 g/mol. The summed E-state index contributed by atoms with van der Waals surface area (Å²) in [7, 11) is 0. The summed E-state index contributed by atoms with van der Waals surface area (Å²) >= 11 is 0. The summed E-state index contributed by atoms with van der Waals surface area (Å²) in [5.41, 5.74) is 9.75. The molecule has 98 valence electrons. The average Bonchev–Trinajstić information content (AvgIpc) is 3.02. The number of nitrogens with two attached hydrogens (primary N) is 1. The number of fused-ring (bicyclic) bond motifs is 1. The molecule has 6 nitrogen and oxygen atoms in total. The van der Waals surface area contributed by atoms with E-state index in [-0.39, 0.29) is 0 Å². The van der Waals surface area contributed by atoms with Crippen LogP contribution in [0.25, 0.3) is 11.3 Å². The summed E-state index contributed by atoms with van der Waals surface area (Å²) < 4.78 is 3.62. The molecule has 0 saturated heterocycles. The molecule has 3 heterocycles. The second kappa shape index (κ2) is 4.38. The fourth-order valence-corrected chi connectivity index (χ4v) is 2.30. The Bertz CT molecular complexity index is 724. The van der Waals surface area contributed by atoms with Gasteiger partial charge >= 0.3 is 0 Å². The minimum atomic E-state index is 0.767. The van der Waals surface area contributed by atoms with Gasteiger partial charge in [0, 0.05) is 12.4 Å². The van der Waals surface area contributed by atoms with E-state index in [1.807, 2.05) is 16.9 Å². The zero-order valence-electron chi connectivity index (χ0n) is 11.0. The summed E-state index contributed by atoms with van der Waals surface area (Å²) in [6.45, 7) is 4.12. The minimum Gasteiger partial charge on any atom is -0.396 e. The number of nitrogens with zero attached hydrogens (tertiary/aromatic N) is 5. The highest BCUT2D eigenvalue weighted by atomic mass is 15.3. The summed E-state index contributed by atoms with van der Waals surface area (Å²) in [6, 6.07) is 1.92. The summed E-state index contributed by atoms with van der Waals surface area (Å²) in [5, 5.41) is 8.80. The van der Waals surface area contributed by atoms with Crippen molar-refractivity contribution >= 4 is 11.2 Å². The number of aryl methyl sites for hydroxylation is 1. The predicted octanol–water partition coefficient (Wildman–Crippen LogP) is 1.62. The lowest BCUT2D eigenvalue weighted by Crippen LogP contribution is -2.07. The molecule has 6 heteroatoms. The maximum Gasteiger partial charge on any atom is 0.179 e. The van der Waals surface area contributed by atoms with Gasteiger partial charge in [0.15, 0.2) is 5.82 Å². The van der Waals surface area contributed by atoms with Gasteiger partial charge in [0.2, 0.25) is 0 Å². The van der Waals surface area contributed by atoms with Gasteiger partial charge in [-0.05, 0) is 18.9 Å². The van der Waals surface area contributed by atoms with Crippen molar-refractivity contribution in [1.29, 1.82) is 0 Å². The molecule has 0 bridgehead atoms. The Hall–Kier alpha value is -2.37. The monoisotopic (exact) mass is 256 g/mol. The Kier molecular flexibility index (Phi) is 2.70. The quantitative estimate of drug-likeness (QED) is 0.772. The van der Waals surface area contributed by atoms with Crippen LogP contribution in [0.3, 0.4) is 0 Å². The van der Waals surface area contributed by atoms with E-state index >= 15 is 0 Å². The minimum absolute atomic E-state index is 0.767. The number of nitrogen functional groups attached to an aromatic ring is 1. The van der Waals surface area contributed by atoms with E-state index in [0.717, 1.165) is 41.3 Å². The highest BCUT2D eigenvalue weighted by molar-refractivity contribution is 5.62. The van der Waals surface area contributed by atoms with Gasteiger partial charge in [0.05, 0.1) is 23.3 Å². The van der Waals surface area contributed by atoms with Gasteiger partial charge in [-0.1, -0.05) is 13.8 Å². The molecule has 0 atom stereocenters. The van der Waals surface area contributed by atoms with Gasteiger partial charge in [-0.2, -0.15) is 10.2 Å². The van der Waals surface area contributed by atoms with Gasteiger partial charge in [0.25, 0.3) is 0 Å². The van der Waals surface area contributed by atoms with E-state index in [4.69, 9.17) is 5.73 Å². The van der Waals surface area contributed by atoms with Gasteiger partial charge in [-0.15, -0.1) is 0 Å². The number of hydrogen-bond acceptors (Lipinski definition) is 4. The van der Waals surface area contributed by atoms with E-state index in [0.29, 0.717) is 0 Å². The van der Waals surface area contributed by atoms with E-state index in [9.17, 15) is 0 Å². The van der Waals surface area contributed by atoms with Crippen molar-refractivity contribution in [3.63, 3.8) is 0 Å². The maximum absolute atomic E-state index is 6.15. The van der Waals surface area contributed by atoms with Crippen LogP contribution in [0, 0.1) is 0 Å².